The monoisotopic (exact) mass is 531 g/mol. The summed E-state index contributed by atoms with van der Waals surface area (Å²) in [4.78, 5) is 28.9. The average Bonchev–Trinajstić information content (AvgIpc) is 3.54. The number of nitrogens with zero attached hydrogens (tertiary/aromatic N) is 2. The minimum absolute atomic E-state index is 0.0343. The molecule has 8 nitrogen and oxygen atoms in total. The fraction of sp³-hybridized carbons (Fsp3) is 0.484. The molecule has 0 atom stereocenters. The number of hydrogen-bond donors (Lipinski definition) is 2. The van der Waals surface area contributed by atoms with E-state index < -0.39 is 17.6 Å². The van der Waals surface area contributed by atoms with Crippen molar-refractivity contribution >= 4 is 12.1 Å². The van der Waals surface area contributed by atoms with E-state index in [1.54, 1.807) is 0 Å². The molecule has 0 saturated heterocycles. The molecule has 0 radical (unpaired) electrons. The van der Waals surface area contributed by atoms with Crippen LogP contribution in [0.1, 0.15) is 88.1 Å². The van der Waals surface area contributed by atoms with Crippen LogP contribution in [0.25, 0.3) is 11.1 Å². The minimum atomic E-state index is -0.927. The van der Waals surface area contributed by atoms with Crippen LogP contribution in [0.5, 0.6) is 0 Å². The summed E-state index contributed by atoms with van der Waals surface area (Å²) in [5.41, 5.74) is 4.04. The van der Waals surface area contributed by atoms with Gasteiger partial charge < -0.3 is 19.7 Å². The number of nitrogens with one attached hydrogen (secondary N) is 1. The Balaban J connectivity index is 1.33. The van der Waals surface area contributed by atoms with Gasteiger partial charge in [-0.15, -0.1) is 0 Å². The number of alkyl carbamates (subject to hydrolysis) is 1. The van der Waals surface area contributed by atoms with Gasteiger partial charge in [0, 0.05) is 12.3 Å². The highest BCUT2D eigenvalue weighted by atomic mass is 16.5. The molecule has 1 amide bonds. The highest BCUT2D eigenvalue weighted by Gasteiger charge is 2.45. The normalized spacial score (nSPS) is 20.7. The first kappa shape index (κ1) is 26.9. The van der Waals surface area contributed by atoms with E-state index >= 15 is 0 Å². The third-order valence-corrected chi connectivity index (χ3v) is 8.99. The molecule has 2 N–H and O–H groups in total. The number of amides is 1. The van der Waals surface area contributed by atoms with Crippen molar-refractivity contribution < 1.29 is 24.0 Å². The number of aromatic nitrogens is 2. The first-order chi connectivity index (χ1) is 18.7. The molecule has 2 aliphatic carbocycles. The zero-order valence-corrected chi connectivity index (χ0v) is 22.9. The van der Waals surface area contributed by atoms with E-state index in [1.807, 2.05) is 24.3 Å². The summed E-state index contributed by atoms with van der Waals surface area (Å²) in [7, 11) is 0. The summed E-state index contributed by atoms with van der Waals surface area (Å²) in [5, 5.41) is 16.4. The lowest BCUT2D eigenvalue weighted by Gasteiger charge is -2.43. The van der Waals surface area contributed by atoms with Crippen LogP contribution < -0.4 is 5.32 Å². The number of carboxylic acids is 1. The van der Waals surface area contributed by atoms with Crippen LogP contribution in [-0.2, 0) is 21.5 Å². The Morgan fingerprint density at radius 3 is 2.28 bits per heavy atom. The van der Waals surface area contributed by atoms with Gasteiger partial charge in [0.15, 0.2) is 5.82 Å². The van der Waals surface area contributed by atoms with Crippen LogP contribution in [0, 0.1) is 11.3 Å². The lowest BCUT2D eigenvalue weighted by molar-refractivity contribution is -0.137. The second-order valence-electron chi connectivity index (χ2n) is 11.6. The molecule has 206 valence electrons. The largest absolute Gasteiger partial charge is 0.481 e. The zero-order valence-electron chi connectivity index (χ0n) is 22.9. The highest BCUT2D eigenvalue weighted by Crippen LogP contribution is 2.47. The van der Waals surface area contributed by atoms with Gasteiger partial charge >= 0.3 is 12.1 Å². The van der Waals surface area contributed by atoms with Crippen molar-refractivity contribution in [3.05, 3.63) is 71.4 Å². The maximum atomic E-state index is 13.3. The second kappa shape index (κ2) is 10.8. The molecule has 39 heavy (non-hydrogen) atoms. The third kappa shape index (κ3) is 5.42. The van der Waals surface area contributed by atoms with E-state index in [0.717, 1.165) is 30.4 Å². The molecule has 1 saturated carbocycles. The molecule has 3 aromatic rings. The number of carboxylic acid groups (broad SMARTS) is 1. The predicted octanol–water partition coefficient (Wildman–Crippen LogP) is 6.45. The van der Waals surface area contributed by atoms with Crippen LogP contribution in [0.2, 0.25) is 0 Å². The number of aliphatic carboxylic acids is 1. The Hall–Kier alpha value is -3.68. The molecule has 1 aromatic heterocycles. The van der Waals surface area contributed by atoms with Gasteiger partial charge in [-0.2, -0.15) is 4.98 Å². The molecule has 1 heterocycles. The fourth-order valence-electron chi connectivity index (χ4n) is 6.18. The standard InChI is InChI=1S/C31H37N3O5/c1-4-30(2,3)20-15-17-31(18-16-20,28-32-26(39-34-28)13-14-27(35)36)33-29(37)38-19-25-23-11-7-5-9-21(23)22-10-6-8-12-24(22)25/h5-12,20,25H,4,13-19H2,1-3H3,(H,33,37)(H,35,36). The number of hydrogen-bond acceptors (Lipinski definition) is 6. The van der Waals surface area contributed by atoms with Gasteiger partial charge in [0.05, 0.1) is 6.42 Å². The van der Waals surface area contributed by atoms with Crippen LogP contribution in [0.3, 0.4) is 0 Å². The van der Waals surface area contributed by atoms with E-state index in [-0.39, 0.29) is 36.7 Å². The summed E-state index contributed by atoms with van der Waals surface area (Å²) in [6.45, 7) is 7.02. The minimum Gasteiger partial charge on any atom is -0.481 e. The molecule has 8 heteroatoms. The first-order valence-corrected chi connectivity index (χ1v) is 13.9. The van der Waals surface area contributed by atoms with Crippen molar-refractivity contribution in [2.75, 3.05) is 6.61 Å². The van der Waals surface area contributed by atoms with E-state index in [1.165, 1.54) is 11.1 Å². The second-order valence-corrected chi connectivity index (χ2v) is 11.6. The van der Waals surface area contributed by atoms with Gasteiger partial charge in [-0.1, -0.05) is 80.9 Å². The Bertz CT molecular complexity index is 1290. The number of rotatable bonds is 9. The summed E-state index contributed by atoms with van der Waals surface area (Å²) >= 11 is 0. The lowest BCUT2D eigenvalue weighted by atomic mass is 9.65. The van der Waals surface area contributed by atoms with Crippen molar-refractivity contribution in [1.82, 2.24) is 15.5 Å². The quantitative estimate of drug-likeness (QED) is 0.326. The molecular formula is C31H37N3O5. The van der Waals surface area contributed by atoms with E-state index in [0.29, 0.717) is 24.6 Å². The number of carbonyl (C=O) groups excluding carboxylic acids is 1. The Morgan fingerprint density at radius 2 is 1.69 bits per heavy atom. The van der Waals surface area contributed by atoms with Crippen LogP contribution in [0.15, 0.2) is 53.1 Å². The Morgan fingerprint density at radius 1 is 1.08 bits per heavy atom. The van der Waals surface area contributed by atoms with Gasteiger partial charge in [0.25, 0.3) is 0 Å². The summed E-state index contributed by atoms with van der Waals surface area (Å²) in [6, 6.07) is 16.5. The van der Waals surface area contributed by atoms with Crippen molar-refractivity contribution in [3.63, 3.8) is 0 Å². The summed E-state index contributed by atoms with van der Waals surface area (Å²) in [6.07, 6.45) is 3.74. The molecule has 0 aliphatic heterocycles. The van der Waals surface area contributed by atoms with E-state index in [2.05, 4.69) is 60.5 Å². The summed E-state index contributed by atoms with van der Waals surface area (Å²) in [5.74, 6) is 0.205. The molecule has 0 spiro atoms. The fourth-order valence-corrected chi connectivity index (χ4v) is 6.18. The molecule has 2 aliphatic rings. The van der Waals surface area contributed by atoms with Crippen molar-refractivity contribution in [2.24, 2.45) is 11.3 Å². The number of ether oxygens (including phenoxy) is 1. The first-order valence-electron chi connectivity index (χ1n) is 13.9. The maximum Gasteiger partial charge on any atom is 0.407 e. The highest BCUT2D eigenvalue weighted by molar-refractivity contribution is 5.79. The Kier molecular flexibility index (Phi) is 7.47. The maximum absolute atomic E-state index is 13.3. The Labute approximate surface area is 229 Å². The van der Waals surface area contributed by atoms with Gasteiger partial charge in [-0.3, -0.25) is 4.79 Å². The van der Waals surface area contributed by atoms with Crippen LogP contribution in [0.4, 0.5) is 4.79 Å². The van der Waals surface area contributed by atoms with Crippen molar-refractivity contribution in [2.45, 2.75) is 77.2 Å². The molecule has 0 bridgehead atoms. The van der Waals surface area contributed by atoms with Gasteiger partial charge in [-0.25, -0.2) is 4.79 Å². The summed E-state index contributed by atoms with van der Waals surface area (Å²) < 4.78 is 11.3. The SMILES string of the molecule is CCC(C)(C)C1CCC(NC(=O)OCC2c3ccccc3-c3ccccc32)(c2noc(CCC(=O)O)n2)CC1. The van der Waals surface area contributed by atoms with Crippen LogP contribution >= 0.6 is 0 Å². The molecule has 1 fully saturated rings. The smallest absolute Gasteiger partial charge is 0.407 e. The van der Waals surface area contributed by atoms with Gasteiger partial charge in [0.1, 0.15) is 12.1 Å². The zero-order chi connectivity index (χ0) is 27.6. The van der Waals surface area contributed by atoms with Crippen molar-refractivity contribution in [1.29, 1.82) is 0 Å². The molecule has 2 aromatic carbocycles. The molecule has 0 unspecified atom stereocenters. The third-order valence-electron chi connectivity index (χ3n) is 8.99. The lowest BCUT2D eigenvalue weighted by Crippen LogP contribution is -2.50. The number of fused-ring (bicyclic) bond motifs is 3. The van der Waals surface area contributed by atoms with Crippen molar-refractivity contribution in [3.8, 4) is 11.1 Å². The number of benzene rings is 2. The molecule has 5 rings (SSSR count). The topological polar surface area (TPSA) is 115 Å². The van der Waals surface area contributed by atoms with Gasteiger partial charge in [-0.05, 0) is 59.3 Å². The van der Waals surface area contributed by atoms with E-state index in [9.17, 15) is 9.59 Å². The van der Waals surface area contributed by atoms with E-state index in [4.69, 9.17) is 14.4 Å². The predicted molar refractivity (Wildman–Crippen MR) is 146 cm³/mol. The molecular weight excluding hydrogens is 494 g/mol. The van der Waals surface area contributed by atoms with Crippen LogP contribution in [-0.4, -0.2) is 33.9 Å². The number of carbonyl (C=O) groups is 2. The number of aryl methyl sites for hydroxylation is 1. The van der Waals surface area contributed by atoms with Gasteiger partial charge in [0.2, 0.25) is 5.89 Å². The average molecular weight is 532 g/mol.